The van der Waals surface area contributed by atoms with Crippen LogP contribution in [0, 0.1) is 0 Å². The summed E-state index contributed by atoms with van der Waals surface area (Å²) in [6.45, 7) is 1.54. The number of amides is 1. The van der Waals surface area contributed by atoms with Crippen molar-refractivity contribution in [3.8, 4) is 5.75 Å². The van der Waals surface area contributed by atoms with E-state index in [0.29, 0.717) is 6.42 Å². The predicted octanol–water partition coefficient (Wildman–Crippen LogP) is 2.92. The highest BCUT2D eigenvalue weighted by molar-refractivity contribution is 5.95. The first-order chi connectivity index (χ1) is 9.76. The van der Waals surface area contributed by atoms with Crippen LogP contribution in [0.1, 0.15) is 37.7 Å². The fraction of sp³-hybridized carbons (Fsp3) is 0.562. The van der Waals surface area contributed by atoms with Crippen LogP contribution in [0.2, 0.25) is 0 Å². The lowest BCUT2D eigenvalue weighted by Crippen LogP contribution is -2.28. The number of carbonyl (C=O) groups excluding carboxylic acids is 1. The van der Waals surface area contributed by atoms with Crippen molar-refractivity contribution in [2.75, 3.05) is 25.1 Å². The van der Waals surface area contributed by atoms with E-state index in [-0.39, 0.29) is 18.3 Å². The van der Waals surface area contributed by atoms with Crippen molar-refractivity contribution in [2.45, 2.75) is 38.5 Å². The molecule has 1 aromatic carbocycles. The van der Waals surface area contributed by atoms with Crippen molar-refractivity contribution in [2.24, 2.45) is 5.73 Å². The van der Waals surface area contributed by atoms with E-state index >= 15 is 0 Å². The van der Waals surface area contributed by atoms with Crippen LogP contribution >= 0.6 is 12.4 Å². The minimum Gasteiger partial charge on any atom is -0.497 e. The quantitative estimate of drug-likeness (QED) is 0.788. The van der Waals surface area contributed by atoms with Crippen molar-refractivity contribution in [1.29, 1.82) is 0 Å². The number of anilines is 1. The summed E-state index contributed by atoms with van der Waals surface area (Å²) >= 11 is 0. The lowest BCUT2D eigenvalue weighted by molar-refractivity contribution is -0.118. The number of fused-ring (bicyclic) bond motifs is 1. The van der Waals surface area contributed by atoms with Gasteiger partial charge in [-0.1, -0.05) is 12.8 Å². The van der Waals surface area contributed by atoms with Crippen LogP contribution < -0.4 is 15.4 Å². The summed E-state index contributed by atoms with van der Waals surface area (Å²) in [5.41, 5.74) is 7.72. The van der Waals surface area contributed by atoms with E-state index in [0.717, 1.165) is 56.6 Å². The van der Waals surface area contributed by atoms with Crippen LogP contribution in [0.3, 0.4) is 0 Å². The van der Waals surface area contributed by atoms with Crippen molar-refractivity contribution >= 4 is 24.0 Å². The average molecular weight is 313 g/mol. The molecule has 0 aromatic heterocycles. The third-order valence-corrected chi connectivity index (χ3v) is 3.83. The molecule has 0 fully saturated rings. The van der Waals surface area contributed by atoms with Gasteiger partial charge in [0, 0.05) is 18.7 Å². The van der Waals surface area contributed by atoms with E-state index in [4.69, 9.17) is 10.5 Å². The molecule has 1 aliphatic heterocycles. The third kappa shape index (κ3) is 4.61. The SMILES string of the molecule is COc1ccc2c(c1)CCN2C(=O)CCCCCCN.Cl. The number of carbonyl (C=O) groups is 1. The number of rotatable bonds is 7. The molecule has 0 aliphatic carbocycles. The number of hydrogen-bond donors (Lipinski definition) is 1. The topological polar surface area (TPSA) is 55.6 Å². The van der Waals surface area contributed by atoms with Crippen molar-refractivity contribution in [3.63, 3.8) is 0 Å². The van der Waals surface area contributed by atoms with E-state index in [1.54, 1.807) is 7.11 Å². The smallest absolute Gasteiger partial charge is 0.226 e. The maximum Gasteiger partial charge on any atom is 0.226 e. The van der Waals surface area contributed by atoms with Gasteiger partial charge in [-0.2, -0.15) is 0 Å². The Hall–Kier alpha value is -1.26. The van der Waals surface area contributed by atoms with Crippen LogP contribution in [0.15, 0.2) is 18.2 Å². The second kappa shape index (κ2) is 8.90. The zero-order valence-corrected chi connectivity index (χ0v) is 13.5. The summed E-state index contributed by atoms with van der Waals surface area (Å²) in [5.74, 6) is 1.10. The van der Waals surface area contributed by atoms with E-state index in [2.05, 4.69) is 0 Å². The van der Waals surface area contributed by atoms with Gasteiger partial charge in [-0.05, 0) is 49.6 Å². The molecule has 0 spiro atoms. The molecule has 118 valence electrons. The molecule has 1 amide bonds. The molecule has 0 saturated carbocycles. The van der Waals surface area contributed by atoms with Crippen LogP contribution in [0.4, 0.5) is 5.69 Å². The molecule has 21 heavy (non-hydrogen) atoms. The number of halogens is 1. The second-order valence-corrected chi connectivity index (χ2v) is 5.24. The molecular formula is C16H25ClN2O2. The van der Waals surface area contributed by atoms with Gasteiger partial charge in [-0.3, -0.25) is 4.79 Å². The Kier molecular flexibility index (Phi) is 7.54. The highest BCUT2D eigenvalue weighted by Crippen LogP contribution is 2.31. The Labute approximate surface area is 133 Å². The van der Waals surface area contributed by atoms with E-state index in [1.165, 1.54) is 5.56 Å². The monoisotopic (exact) mass is 312 g/mol. The number of benzene rings is 1. The summed E-state index contributed by atoms with van der Waals surface area (Å²) in [4.78, 5) is 14.2. The summed E-state index contributed by atoms with van der Waals surface area (Å²) in [6, 6.07) is 5.95. The van der Waals surface area contributed by atoms with Gasteiger partial charge in [-0.15, -0.1) is 12.4 Å². The van der Waals surface area contributed by atoms with Crippen LogP contribution in [0.25, 0.3) is 0 Å². The van der Waals surface area contributed by atoms with Crippen LogP contribution in [-0.4, -0.2) is 26.1 Å². The zero-order valence-electron chi connectivity index (χ0n) is 12.6. The van der Waals surface area contributed by atoms with E-state index in [1.807, 2.05) is 23.1 Å². The molecule has 5 heteroatoms. The first kappa shape index (κ1) is 17.8. The van der Waals surface area contributed by atoms with Crippen LogP contribution in [0.5, 0.6) is 5.75 Å². The average Bonchev–Trinajstić information content (AvgIpc) is 2.89. The van der Waals surface area contributed by atoms with Crippen molar-refractivity contribution in [3.05, 3.63) is 23.8 Å². The van der Waals surface area contributed by atoms with Crippen LogP contribution in [-0.2, 0) is 11.2 Å². The first-order valence-corrected chi connectivity index (χ1v) is 7.43. The zero-order chi connectivity index (χ0) is 14.4. The molecule has 2 N–H and O–H groups in total. The lowest BCUT2D eigenvalue weighted by atomic mass is 10.1. The third-order valence-electron chi connectivity index (χ3n) is 3.83. The van der Waals surface area contributed by atoms with Gasteiger partial charge in [0.2, 0.25) is 5.91 Å². The number of ether oxygens (including phenoxy) is 1. The number of hydrogen-bond acceptors (Lipinski definition) is 3. The molecule has 1 heterocycles. The molecule has 2 rings (SSSR count). The number of methoxy groups -OCH3 is 1. The Morgan fingerprint density at radius 1 is 1.29 bits per heavy atom. The highest BCUT2D eigenvalue weighted by atomic mass is 35.5. The Morgan fingerprint density at radius 3 is 2.76 bits per heavy atom. The standard InChI is InChI=1S/C16H24N2O2.ClH/c1-20-14-7-8-15-13(12-14)9-11-18(15)16(19)6-4-2-3-5-10-17;/h7-8,12H,2-6,9-11,17H2,1H3;1H. The molecule has 0 unspecified atom stereocenters. The first-order valence-electron chi connectivity index (χ1n) is 7.43. The van der Waals surface area contributed by atoms with Gasteiger partial charge in [0.25, 0.3) is 0 Å². The summed E-state index contributed by atoms with van der Waals surface area (Å²) < 4.78 is 5.22. The molecule has 4 nitrogen and oxygen atoms in total. The Morgan fingerprint density at radius 2 is 2.05 bits per heavy atom. The van der Waals surface area contributed by atoms with Gasteiger partial charge < -0.3 is 15.4 Å². The molecule has 1 aromatic rings. The molecule has 0 bridgehead atoms. The number of nitrogens with zero attached hydrogens (tertiary/aromatic N) is 1. The van der Waals surface area contributed by atoms with Gasteiger partial charge in [0.05, 0.1) is 7.11 Å². The molecule has 0 atom stereocenters. The Balaban J connectivity index is 0.00000220. The van der Waals surface area contributed by atoms with Crippen molar-refractivity contribution < 1.29 is 9.53 Å². The number of unbranched alkanes of at least 4 members (excludes halogenated alkanes) is 3. The van der Waals surface area contributed by atoms with Gasteiger partial charge >= 0.3 is 0 Å². The summed E-state index contributed by atoms with van der Waals surface area (Å²) in [6.07, 6.45) is 5.78. The van der Waals surface area contributed by atoms with Crippen molar-refractivity contribution in [1.82, 2.24) is 0 Å². The van der Waals surface area contributed by atoms with Gasteiger partial charge in [-0.25, -0.2) is 0 Å². The predicted molar refractivity (Wildman–Crippen MR) is 88.4 cm³/mol. The van der Waals surface area contributed by atoms with E-state index in [9.17, 15) is 4.79 Å². The second-order valence-electron chi connectivity index (χ2n) is 5.24. The number of nitrogens with two attached hydrogens (primary N) is 1. The van der Waals surface area contributed by atoms with Gasteiger partial charge in [0.1, 0.15) is 5.75 Å². The Bertz CT molecular complexity index is 466. The largest absolute Gasteiger partial charge is 0.497 e. The fourth-order valence-electron chi connectivity index (χ4n) is 2.67. The molecule has 0 radical (unpaired) electrons. The maximum atomic E-state index is 12.3. The fourth-order valence-corrected chi connectivity index (χ4v) is 2.67. The molecular weight excluding hydrogens is 288 g/mol. The summed E-state index contributed by atoms with van der Waals surface area (Å²) in [7, 11) is 1.67. The highest BCUT2D eigenvalue weighted by Gasteiger charge is 2.24. The lowest BCUT2D eigenvalue weighted by Gasteiger charge is -2.17. The maximum absolute atomic E-state index is 12.3. The summed E-state index contributed by atoms with van der Waals surface area (Å²) in [5, 5.41) is 0. The molecule has 1 aliphatic rings. The van der Waals surface area contributed by atoms with E-state index < -0.39 is 0 Å². The minimum absolute atomic E-state index is 0. The molecule has 0 saturated heterocycles. The minimum atomic E-state index is 0. The van der Waals surface area contributed by atoms with Gasteiger partial charge in [0.15, 0.2) is 0 Å². The normalized spacial score (nSPS) is 12.8.